The summed E-state index contributed by atoms with van der Waals surface area (Å²) >= 11 is 1.79. The molecule has 0 unspecified atom stereocenters. The quantitative estimate of drug-likeness (QED) is 0.211. The Morgan fingerprint density at radius 1 is 0.442 bits per heavy atom. The third-order valence-electron chi connectivity index (χ3n) is 7.19. The highest BCUT2D eigenvalue weighted by molar-refractivity contribution is 7.26. The minimum atomic E-state index is 0.714. The van der Waals surface area contributed by atoms with Crippen molar-refractivity contribution in [2.45, 2.75) is 13.8 Å². The van der Waals surface area contributed by atoms with Crippen molar-refractivity contribution >= 4 is 42.4 Å². The summed E-state index contributed by atoms with van der Waals surface area (Å²) in [6, 6.07) is 43.2. The van der Waals surface area contributed by atoms with E-state index in [1.165, 1.54) is 20.2 Å². The lowest BCUT2D eigenvalue weighted by Gasteiger charge is -2.06. The minimum absolute atomic E-state index is 0.714. The standard InChI is InChI=1S/C22H15N3S.C15H12N2/c1-14-23-21(15-8-3-2-4-9-15)25-22(24-14)18-12-7-11-17-16-10-5-6-13-19(16)26-20(17)18;1-11-16-14-10-6-5-9-13(14)15(17-11)12-7-3-2-4-8-12/h2-13H,1H3;2-10H,1H3. The molecule has 0 atom stereocenters. The Morgan fingerprint density at radius 3 is 1.84 bits per heavy atom. The third-order valence-corrected chi connectivity index (χ3v) is 8.41. The maximum absolute atomic E-state index is 4.78. The highest BCUT2D eigenvalue weighted by Crippen LogP contribution is 2.39. The molecule has 0 spiro atoms. The number of aryl methyl sites for hydroxylation is 2. The van der Waals surface area contributed by atoms with Crippen molar-refractivity contribution in [3.63, 3.8) is 0 Å². The van der Waals surface area contributed by atoms with E-state index in [-0.39, 0.29) is 0 Å². The summed E-state index contributed by atoms with van der Waals surface area (Å²) in [4.78, 5) is 23.0. The molecule has 5 nitrogen and oxygen atoms in total. The zero-order valence-electron chi connectivity index (χ0n) is 23.8. The minimum Gasteiger partial charge on any atom is -0.233 e. The molecule has 8 rings (SSSR count). The highest BCUT2D eigenvalue weighted by atomic mass is 32.1. The lowest BCUT2D eigenvalue weighted by Crippen LogP contribution is -1.99. The van der Waals surface area contributed by atoms with Gasteiger partial charge in [0.25, 0.3) is 0 Å². The maximum Gasteiger partial charge on any atom is 0.165 e. The fourth-order valence-electron chi connectivity index (χ4n) is 5.25. The molecule has 0 fully saturated rings. The molecule has 0 saturated heterocycles. The molecule has 0 aliphatic rings. The molecule has 43 heavy (non-hydrogen) atoms. The zero-order chi connectivity index (χ0) is 29.2. The van der Waals surface area contributed by atoms with E-state index >= 15 is 0 Å². The van der Waals surface area contributed by atoms with E-state index in [2.05, 4.69) is 80.6 Å². The summed E-state index contributed by atoms with van der Waals surface area (Å²) in [7, 11) is 0. The molecule has 0 saturated carbocycles. The van der Waals surface area contributed by atoms with E-state index in [1.54, 1.807) is 11.3 Å². The summed E-state index contributed by atoms with van der Waals surface area (Å²) < 4.78 is 2.50. The van der Waals surface area contributed by atoms with Gasteiger partial charge in [0.2, 0.25) is 0 Å². The van der Waals surface area contributed by atoms with Crippen LogP contribution in [0.2, 0.25) is 0 Å². The number of hydrogen-bond acceptors (Lipinski definition) is 6. The van der Waals surface area contributed by atoms with E-state index in [4.69, 9.17) is 4.98 Å². The van der Waals surface area contributed by atoms with Gasteiger partial charge >= 0.3 is 0 Å². The fraction of sp³-hybridized carbons (Fsp3) is 0.0541. The molecule has 0 amide bonds. The first kappa shape index (κ1) is 26.6. The normalized spacial score (nSPS) is 11.0. The molecule has 3 heterocycles. The van der Waals surface area contributed by atoms with Gasteiger partial charge in [0.1, 0.15) is 11.6 Å². The topological polar surface area (TPSA) is 64.5 Å². The first-order valence-corrected chi connectivity index (χ1v) is 14.9. The van der Waals surface area contributed by atoms with Crippen LogP contribution in [0.15, 0.2) is 127 Å². The third kappa shape index (κ3) is 5.36. The van der Waals surface area contributed by atoms with Gasteiger partial charge in [0, 0.05) is 42.2 Å². The average Bonchev–Trinajstić information content (AvgIpc) is 3.44. The van der Waals surface area contributed by atoms with Crippen LogP contribution >= 0.6 is 11.3 Å². The molecular weight excluding hydrogens is 547 g/mol. The molecule has 3 aromatic heterocycles. The Bertz CT molecular complexity index is 2210. The molecular formula is C37H27N5S. The van der Waals surface area contributed by atoms with Crippen LogP contribution in [0.1, 0.15) is 11.6 Å². The van der Waals surface area contributed by atoms with Crippen LogP contribution in [-0.2, 0) is 0 Å². The van der Waals surface area contributed by atoms with Gasteiger partial charge in [-0.3, -0.25) is 0 Å². The van der Waals surface area contributed by atoms with Crippen molar-refractivity contribution in [1.82, 2.24) is 24.9 Å². The van der Waals surface area contributed by atoms with Crippen molar-refractivity contribution < 1.29 is 0 Å². The van der Waals surface area contributed by atoms with Gasteiger partial charge in [0.05, 0.1) is 11.2 Å². The first-order chi connectivity index (χ1) is 21.1. The SMILES string of the molecule is Cc1nc(-c2ccccc2)c2ccccc2n1.Cc1nc(-c2ccccc2)nc(-c2cccc3c2sc2ccccc23)n1. The van der Waals surface area contributed by atoms with Crippen molar-refractivity contribution in [1.29, 1.82) is 0 Å². The van der Waals surface area contributed by atoms with E-state index in [9.17, 15) is 0 Å². The number of para-hydroxylation sites is 1. The first-order valence-electron chi connectivity index (χ1n) is 14.1. The largest absolute Gasteiger partial charge is 0.233 e. The molecule has 8 aromatic rings. The van der Waals surface area contributed by atoms with Crippen molar-refractivity contribution in [3.05, 3.63) is 139 Å². The smallest absolute Gasteiger partial charge is 0.165 e. The molecule has 5 aromatic carbocycles. The van der Waals surface area contributed by atoms with Crippen LogP contribution < -0.4 is 0 Å². The second kappa shape index (κ2) is 11.5. The van der Waals surface area contributed by atoms with E-state index in [1.807, 2.05) is 80.6 Å². The summed E-state index contributed by atoms with van der Waals surface area (Å²) in [5.41, 5.74) is 5.20. The van der Waals surface area contributed by atoms with Crippen molar-refractivity contribution in [3.8, 4) is 34.0 Å². The predicted octanol–water partition coefficient (Wildman–Crippen LogP) is 9.49. The molecule has 0 bridgehead atoms. The number of aromatic nitrogens is 5. The summed E-state index contributed by atoms with van der Waals surface area (Å²) in [6.07, 6.45) is 0. The van der Waals surface area contributed by atoms with Gasteiger partial charge in [0.15, 0.2) is 11.6 Å². The Balaban J connectivity index is 0.000000153. The number of nitrogens with zero attached hydrogens (tertiary/aromatic N) is 5. The number of hydrogen-bond donors (Lipinski definition) is 0. The zero-order valence-corrected chi connectivity index (χ0v) is 24.6. The number of thiophene rings is 1. The Hall–Kier alpha value is -5.33. The molecule has 0 aliphatic heterocycles. The molecule has 206 valence electrons. The summed E-state index contributed by atoms with van der Waals surface area (Å²) in [5, 5.41) is 3.63. The molecule has 6 heteroatoms. The van der Waals surface area contributed by atoms with Gasteiger partial charge in [-0.1, -0.05) is 109 Å². The van der Waals surface area contributed by atoms with Gasteiger partial charge in [-0.05, 0) is 32.0 Å². The van der Waals surface area contributed by atoms with Crippen LogP contribution in [-0.4, -0.2) is 24.9 Å². The van der Waals surface area contributed by atoms with E-state index < -0.39 is 0 Å². The lowest BCUT2D eigenvalue weighted by atomic mass is 10.1. The summed E-state index contributed by atoms with van der Waals surface area (Å²) in [6.45, 7) is 3.85. The van der Waals surface area contributed by atoms with Crippen LogP contribution in [0.3, 0.4) is 0 Å². The Labute approximate surface area is 253 Å². The second-order valence-electron chi connectivity index (χ2n) is 10.2. The number of rotatable bonds is 3. The van der Waals surface area contributed by atoms with Gasteiger partial charge in [-0.25, -0.2) is 24.9 Å². The van der Waals surface area contributed by atoms with Crippen LogP contribution in [0.5, 0.6) is 0 Å². The average molecular weight is 574 g/mol. The van der Waals surface area contributed by atoms with Gasteiger partial charge in [-0.15, -0.1) is 11.3 Å². The Kier molecular flexibility index (Phi) is 7.11. The van der Waals surface area contributed by atoms with Crippen LogP contribution in [0.4, 0.5) is 0 Å². The van der Waals surface area contributed by atoms with Crippen molar-refractivity contribution in [2.75, 3.05) is 0 Å². The predicted molar refractivity (Wildman–Crippen MR) is 178 cm³/mol. The molecule has 0 N–H and O–H groups in total. The van der Waals surface area contributed by atoms with Gasteiger partial charge in [-0.2, -0.15) is 0 Å². The lowest BCUT2D eigenvalue weighted by molar-refractivity contribution is 0.993. The maximum atomic E-state index is 4.78. The van der Waals surface area contributed by atoms with Crippen molar-refractivity contribution in [2.24, 2.45) is 0 Å². The number of benzene rings is 5. The molecule has 0 aliphatic carbocycles. The Morgan fingerprint density at radius 2 is 1.05 bits per heavy atom. The van der Waals surface area contributed by atoms with Crippen LogP contribution in [0, 0.1) is 13.8 Å². The summed E-state index contributed by atoms with van der Waals surface area (Å²) in [5.74, 6) is 2.98. The van der Waals surface area contributed by atoms with Gasteiger partial charge < -0.3 is 0 Å². The monoisotopic (exact) mass is 573 g/mol. The highest BCUT2D eigenvalue weighted by Gasteiger charge is 2.14. The molecule has 0 radical (unpaired) electrons. The second-order valence-corrected chi connectivity index (χ2v) is 11.2. The van der Waals surface area contributed by atoms with E-state index in [0.717, 1.165) is 50.8 Å². The van der Waals surface area contributed by atoms with E-state index in [0.29, 0.717) is 5.82 Å². The van der Waals surface area contributed by atoms with Crippen LogP contribution in [0.25, 0.3) is 65.1 Å². The number of fused-ring (bicyclic) bond motifs is 4. The fourth-order valence-corrected chi connectivity index (χ4v) is 6.46.